The van der Waals surface area contributed by atoms with Crippen LogP contribution in [0.2, 0.25) is 5.02 Å². The van der Waals surface area contributed by atoms with Crippen LogP contribution in [0.5, 0.6) is 5.75 Å². The minimum atomic E-state index is -4.92. The van der Waals surface area contributed by atoms with Gasteiger partial charge in [-0.25, -0.2) is 14.4 Å². The monoisotopic (exact) mass is 446 g/mol. The largest absolute Gasteiger partial charge is 0.490 e. The highest BCUT2D eigenvalue weighted by molar-refractivity contribution is 6.30. The van der Waals surface area contributed by atoms with Crippen LogP contribution in [0.15, 0.2) is 30.6 Å². The summed E-state index contributed by atoms with van der Waals surface area (Å²) in [6.45, 7) is -1.23. The van der Waals surface area contributed by atoms with E-state index in [4.69, 9.17) is 26.9 Å². The van der Waals surface area contributed by atoms with Crippen LogP contribution < -0.4 is 4.74 Å². The third kappa shape index (κ3) is 4.85. The van der Waals surface area contributed by atoms with Crippen molar-refractivity contribution in [3.63, 3.8) is 0 Å². The van der Waals surface area contributed by atoms with Crippen molar-refractivity contribution in [1.29, 1.82) is 5.41 Å². The van der Waals surface area contributed by atoms with Crippen molar-refractivity contribution in [3.05, 3.63) is 52.8 Å². The van der Waals surface area contributed by atoms with Gasteiger partial charge in [0, 0.05) is 30.7 Å². The maximum atomic E-state index is 13.6. The molecule has 2 unspecified atom stereocenters. The number of ether oxygens (including phenoxy) is 1. The Kier molecular flexibility index (Phi) is 6.22. The predicted octanol–water partition coefficient (Wildman–Crippen LogP) is 2.83. The van der Waals surface area contributed by atoms with Crippen LogP contribution in [0, 0.1) is 11.2 Å². The molecule has 3 rings (SSSR count). The normalized spacial score (nSPS) is 17.9. The second-order valence-electron chi connectivity index (χ2n) is 6.53. The van der Waals surface area contributed by atoms with E-state index in [1.54, 1.807) is 0 Å². The van der Waals surface area contributed by atoms with Crippen molar-refractivity contribution in [3.8, 4) is 5.75 Å². The van der Waals surface area contributed by atoms with Crippen LogP contribution in [0.3, 0.4) is 0 Å². The Labute approximate surface area is 172 Å². The Hall–Kier alpha value is -2.79. The number of aliphatic hydroxyl groups is 1. The van der Waals surface area contributed by atoms with Gasteiger partial charge in [0.05, 0.1) is 23.0 Å². The Balaban J connectivity index is 1.78. The zero-order chi connectivity index (χ0) is 22.1. The molecule has 2 N–H and O–H groups in total. The van der Waals surface area contributed by atoms with Crippen LogP contribution in [0.1, 0.15) is 22.1 Å². The minimum absolute atomic E-state index is 0.0429. The fourth-order valence-electron chi connectivity index (χ4n) is 2.83. The molecule has 1 aliphatic heterocycles. The molecule has 2 aromatic rings. The standard InChI is InChI=1S/C18H15ClF4N4O3/c19-9-4-25-16(26-5-9)12-6-27(7-13(12)24)17(29)11-2-1-10(20)3-14(11)30-8-15(28)18(21,22)23/h1-5,12,15,24,28H,6-8H2. The fraction of sp³-hybridized carbons (Fsp3) is 0.333. The Bertz CT molecular complexity index is 955. The molecule has 0 aliphatic carbocycles. The lowest BCUT2D eigenvalue weighted by atomic mass is 10.1. The molecule has 1 saturated heterocycles. The van der Waals surface area contributed by atoms with Crippen molar-refractivity contribution in [2.75, 3.05) is 19.7 Å². The summed E-state index contributed by atoms with van der Waals surface area (Å²) in [5.41, 5.74) is -0.0426. The van der Waals surface area contributed by atoms with Gasteiger partial charge in [-0.3, -0.25) is 4.79 Å². The summed E-state index contributed by atoms with van der Waals surface area (Å²) in [4.78, 5) is 22.2. The number of hydrogen-bond acceptors (Lipinski definition) is 6. The maximum Gasteiger partial charge on any atom is 0.417 e. The van der Waals surface area contributed by atoms with E-state index in [2.05, 4.69) is 9.97 Å². The second-order valence-corrected chi connectivity index (χ2v) is 6.97. The van der Waals surface area contributed by atoms with Crippen molar-refractivity contribution >= 4 is 23.2 Å². The molecule has 1 aromatic carbocycles. The number of carbonyl (C=O) groups excluding carboxylic acids is 1. The van der Waals surface area contributed by atoms with Gasteiger partial charge in [-0.05, 0) is 12.1 Å². The third-order valence-corrected chi connectivity index (χ3v) is 4.57. The highest BCUT2D eigenvalue weighted by atomic mass is 35.5. The maximum absolute atomic E-state index is 13.6. The average Bonchev–Trinajstić information content (AvgIpc) is 3.07. The molecule has 1 aromatic heterocycles. The van der Waals surface area contributed by atoms with Crippen LogP contribution in [0.4, 0.5) is 17.6 Å². The molecule has 2 atom stereocenters. The summed E-state index contributed by atoms with van der Waals surface area (Å²) in [7, 11) is 0. The SMILES string of the molecule is N=C1CN(C(=O)c2ccc(F)cc2OCC(O)C(F)(F)F)CC1c1ncc(Cl)cn1. The molecule has 0 radical (unpaired) electrons. The van der Waals surface area contributed by atoms with Crippen LogP contribution in [0.25, 0.3) is 0 Å². The molecule has 1 amide bonds. The summed E-state index contributed by atoms with van der Waals surface area (Å²) < 4.78 is 55.9. The molecule has 30 heavy (non-hydrogen) atoms. The van der Waals surface area contributed by atoms with Gasteiger partial charge in [-0.1, -0.05) is 11.6 Å². The van der Waals surface area contributed by atoms with E-state index in [1.165, 1.54) is 17.3 Å². The van der Waals surface area contributed by atoms with Crippen molar-refractivity contribution in [1.82, 2.24) is 14.9 Å². The predicted molar refractivity (Wildman–Crippen MR) is 97.4 cm³/mol. The molecular weight excluding hydrogens is 432 g/mol. The van der Waals surface area contributed by atoms with E-state index in [0.29, 0.717) is 10.8 Å². The number of aromatic nitrogens is 2. The van der Waals surface area contributed by atoms with Crippen molar-refractivity contribution < 1.29 is 32.2 Å². The number of alkyl halides is 3. The highest BCUT2D eigenvalue weighted by Crippen LogP contribution is 2.28. The number of aliphatic hydroxyl groups excluding tert-OH is 1. The lowest BCUT2D eigenvalue weighted by Gasteiger charge is -2.20. The molecule has 160 valence electrons. The smallest absolute Gasteiger partial charge is 0.417 e. The minimum Gasteiger partial charge on any atom is -0.490 e. The molecule has 1 fully saturated rings. The summed E-state index contributed by atoms with van der Waals surface area (Å²) in [5.74, 6) is -2.23. The van der Waals surface area contributed by atoms with Gasteiger partial charge >= 0.3 is 6.18 Å². The topological polar surface area (TPSA) is 99.4 Å². The number of nitrogens with zero attached hydrogens (tertiary/aromatic N) is 3. The molecule has 2 heterocycles. The Morgan fingerprint density at radius 3 is 2.67 bits per heavy atom. The van der Waals surface area contributed by atoms with Gasteiger partial charge in [-0.2, -0.15) is 13.2 Å². The van der Waals surface area contributed by atoms with Gasteiger partial charge in [0.1, 0.15) is 24.0 Å². The number of amides is 1. The fourth-order valence-corrected chi connectivity index (χ4v) is 2.93. The first-order valence-electron chi connectivity index (χ1n) is 8.57. The number of likely N-dealkylation sites (tertiary alicyclic amines) is 1. The third-order valence-electron chi connectivity index (χ3n) is 4.37. The van der Waals surface area contributed by atoms with Crippen molar-refractivity contribution in [2.45, 2.75) is 18.2 Å². The van der Waals surface area contributed by atoms with Crippen LogP contribution in [-0.4, -0.2) is 63.6 Å². The summed E-state index contributed by atoms with van der Waals surface area (Å²) in [5, 5.41) is 17.5. The van der Waals surface area contributed by atoms with E-state index in [-0.39, 0.29) is 24.4 Å². The zero-order valence-corrected chi connectivity index (χ0v) is 15.9. The van der Waals surface area contributed by atoms with E-state index in [0.717, 1.165) is 18.2 Å². The van der Waals surface area contributed by atoms with Crippen LogP contribution in [-0.2, 0) is 0 Å². The van der Waals surface area contributed by atoms with Gasteiger partial charge in [0.2, 0.25) is 0 Å². The van der Waals surface area contributed by atoms with E-state index < -0.39 is 42.3 Å². The van der Waals surface area contributed by atoms with Crippen molar-refractivity contribution in [2.24, 2.45) is 0 Å². The van der Waals surface area contributed by atoms with Gasteiger partial charge in [-0.15, -0.1) is 0 Å². The first-order valence-corrected chi connectivity index (χ1v) is 8.95. The van der Waals surface area contributed by atoms with Gasteiger partial charge in [0.15, 0.2) is 6.10 Å². The molecule has 12 heteroatoms. The van der Waals surface area contributed by atoms with E-state index in [9.17, 15) is 22.4 Å². The highest BCUT2D eigenvalue weighted by Gasteiger charge is 2.39. The molecule has 0 saturated carbocycles. The van der Waals surface area contributed by atoms with E-state index >= 15 is 0 Å². The lowest BCUT2D eigenvalue weighted by molar-refractivity contribution is -0.210. The summed E-state index contributed by atoms with van der Waals surface area (Å²) in [6, 6.07) is 2.79. The molecule has 1 aliphatic rings. The first-order chi connectivity index (χ1) is 14.1. The number of benzene rings is 1. The molecular formula is C18H15ClF4N4O3. The average molecular weight is 447 g/mol. The Morgan fingerprint density at radius 1 is 1.37 bits per heavy atom. The zero-order valence-electron chi connectivity index (χ0n) is 15.2. The number of carbonyl (C=O) groups is 1. The Morgan fingerprint density at radius 2 is 2.03 bits per heavy atom. The van der Waals surface area contributed by atoms with Crippen LogP contribution >= 0.6 is 11.6 Å². The number of nitrogens with one attached hydrogen (secondary N) is 1. The second kappa shape index (κ2) is 8.52. The lowest BCUT2D eigenvalue weighted by Crippen LogP contribution is -2.35. The molecule has 7 nitrogen and oxygen atoms in total. The number of rotatable bonds is 5. The van der Waals surface area contributed by atoms with Gasteiger partial charge in [0.25, 0.3) is 5.91 Å². The summed E-state index contributed by atoms with van der Waals surface area (Å²) in [6.07, 6.45) is -5.00. The first kappa shape index (κ1) is 21.9. The molecule has 0 spiro atoms. The van der Waals surface area contributed by atoms with Gasteiger partial charge < -0.3 is 20.2 Å². The molecule has 0 bridgehead atoms. The summed E-state index contributed by atoms with van der Waals surface area (Å²) >= 11 is 5.75. The quantitative estimate of drug-likeness (QED) is 0.688. The van der Waals surface area contributed by atoms with E-state index in [1.807, 2.05) is 0 Å². The number of halogens is 5. The number of hydrogen-bond donors (Lipinski definition) is 2.